The van der Waals surface area contributed by atoms with Gasteiger partial charge in [-0.15, -0.1) is 0 Å². The average molecular weight is 294 g/mol. The Morgan fingerprint density at radius 2 is 1.75 bits per heavy atom. The van der Waals surface area contributed by atoms with Crippen LogP contribution in [0.4, 0.5) is 0 Å². The quantitative estimate of drug-likeness (QED) is 0.426. The van der Waals surface area contributed by atoms with Crippen LogP contribution >= 0.6 is 15.9 Å². The van der Waals surface area contributed by atoms with Crippen LogP contribution in [0.15, 0.2) is 0 Å². The van der Waals surface area contributed by atoms with Crippen molar-refractivity contribution in [2.24, 2.45) is 0 Å². The van der Waals surface area contributed by atoms with Crippen molar-refractivity contribution in [2.75, 3.05) is 31.6 Å². The third-order valence-corrected chi connectivity index (χ3v) is 3.35. The molecule has 0 unspecified atom stereocenters. The third-order valence-electron chi connectivity index (χ3n) is 3.00. The summed E-state index contributed by atoms with van der Waals surface area (Å²) in [5.74, 6) is 0. The Balaban J connectivity index is 3.74. The minimum atomic E-state index is 0.715. The molecule has 3 heteroatoms. The Hall–Kier alpha value is 0.400. The Morgan fingerprint density at radius 1 is 1.06 bits per heavy atom. The van der Waals surface area contributed by atoms with Crippen LogP contribution in [-0.2, 0) is 4.74 Å². The first-order valence-electron chi connectivity index (χ1n) is 6.67. The lowest BCUT2D eigenvalue weighted by atomic mass is 10.1. The van der Waals surface area contributed by atoms with Crippen LogP contribution in [-0.4, -0.2) is 42.6 Å². The summed E-state index contributed by atoms with van der Waals surface area (Å²) < 4.78 is 5.63. The predicted molar refractivity (Wildman–Crippen MR) is 75.5 cm³/mol. The summed E-state index contributed by atoms with van der Waals surface area (Å²) in [6.45, 7) is 10.7. The molecular formula is C13H28BrNO. The molecule has 98 valence electrons. The number of unbranched alkanes of at least 4 members (excludes halogenated alkanes) is 1. The summed E-state index contributed by atoms with van der Waals surface area (Å²) in [7, 11) is 0. The predicted octanol–water partition coefficient (Wildman–Crippen LogP) is 3.69. The fraction of sp³-hybridized carbons (Fsp3) is 1.00. The summed E-state index contributed by atoms with van der Waals surface area (Å²) in [4.78, 5) is 2.54. The van der Waals surface area contributed by atoms with Crippen molar-refractivity contribution in [1.82, 2.24) is 4.90 Å². The molecule has 0 saturated carbocycles. The standard InChI is InChI=1S/C13H28BrNO/c1-4-7-11-16-12-10-15(9-8-14)13(5-2)6-3/h13H,4-12H2,1-3H3. The van der Waals surface area contributed by atoms with Gasteiger partial charge in [-0.2, -0.15) is 0 Å². The van der Waals surface area contributed by atoms with E-state index in [9.17, 15) is 0 Å². The van der Waals surface area contributed by atoms with Crippen molar-refractivity contribution in [1.29, 1.82) is 0 Å². The molecule has 0 aliphatic rings. The van der Waals surface area contributed by atoms with Crippen molar-refractivity contribution >= 4 is 15.9 Å². The third kappa shape index (κ3) is 7.64. The number of alkyl halides is 1. The van der Waals surface area contributed by atoms with E-state index in [-0.39, 0.29) is 0 Å². The first-order chi connectivity index (χ1) is 7.79. The van der Waals surface area contributed by atoms with E-state index in [0.717, 1.165) is 31.6 Å². The molecule has 0 atom stereocenters. The van der Waals surface area contributed by atoms with Crippen LogP contribution in [0, 0.1) is 0 Å². The van der Waals surface area contributed by atoms with Crippen LogP contribution in [0.25, 0.3) is 0 Å². The van der Waals surface area contributed by atoms with Gasteiger partial charge in [-0.1, -0.05) is 43.1 Å². The van der Waals surface area contributed by atoms with E-state index >= 15 is 0 Å². The number of rotatable bonds is 11. The highest BCUT2D eigenvalue weighted by molar-refractivity contribution is 9.09. The second kappa shape index (κ2) is 11.9. The summed E-state index contributed by atoms with van der Waals surface area (Å²) in [6, 6.07) is 0.715. The molecule has 0 aromatic carbocycles. The topological polar surface area (TPSA) is 12.5 Å². The minimum Gasteiger partial charge on any atom is -0.380 e. The highest BCUT2D eigenvalue weighted by atomic mass is 79.9. The summed E-state index contributed by atoms with van der Waals surface area (Å²) in [6.07, 6.45) is 4.87. The zero-order valence-corrected chi connectivity index (χ0v) is 12.8. The number of halogens is 1. The highest BCUT2D eigenvalue weighted by Gasteiger charge is 2.13. The van der Waals surface area contributed by atoms with Gasteiger partial charge in [0, 0.05) is 31.1 Å². The molecule has 0 bridgehead atoms. The fourth-order valence-corrected chi connectivity index (χ4v) is 2.38. The maximum absolute atomic E-state index is 5.63. The van der Waals surface area contributed by atoms with E-state index in [0.29, 0.717) is 6.04 Å². The largest absolute Gasteiger partial charge is 0.380 e. The van der Waals surface area contributed by atoms with Gasteiger partial charge in [-0.25, -0.2) is 0 Å². The Labute approximate surface area is 110 Å². The maximum Gasteiger partial charge on any atom is 0.0593 e. The molecule has 0 aliphatic heterocycles. The molecule has 0 spiro atoms. The SMILES string of the molecule is CCCCOCCN(CCBr)C(CC)CC. The second-order valence-electron chi connectivity index (χ2n) is 4.16. The van der Waals surface area contributed by atoms with E-state index in [1.807, 2.05) is 0 Å². The lowest BCUT2D eigenvalue weighted by Gasteiger charge is -2.29. The lowest BCUT2D eigenvalue weighted by Crippen LogP contribution is -2.38. The Bertz CT molecular complexity index is 140. The molecular weight excluding hydrogens is 266 g/mol. The molecule has 2 nitrogen and oxygen atoms in total. The Morgan fingerprint density at radius 3 is 2.25 bits per heavy atom. The number of hydrogen-bond donors (Lipinski definition) is 0. The van der Waals surface area contributed by atoms with Gasteiger partial charge in [-0.3, -0.25) is 4.90 Å². The number of ether oxygens (including phenoxy) is 1. The molecule has 0 radical (unpaired) electrons. The van der Waals surface area contributed by atoms with Crippen LogP contribution in [0.1, 0.15) is 46.5 Å². The molecule has 0 amide bonds. The van der Waals surface area contributed by atoms with Crippen molar-refractivity contribution in [3.05, 3.63) is 0 Å². The highest BCUT2D eigenvalue weighted by Crippen LogP contribution is 2.08. The zero-order valence-electron chi connectivity index (χ0n) is 11.2. The number of hydrogen-bond acceptors (Lipinski definition) is 2. The molecule has 0 heterocycles. The normalized spacial score (nSPS) is 11.6. The van der Waals surface area contributed by atoms with Gasteiger partial charge in [0.25, 0.3) is 0 Å². The maximum atomic E-state index is 5.63. The molecule has 0 aromatic rings. The van der Waals surface area contributed by atoms with Crippen LogP contribution in [0.2, 0.25) is 0 Å². The van der Waals surface area contributed by atoms with E-state index in [2.05, 4.69) is 41.6 Å². The molecule has 0 N–H and O–H groups in total. The van der Waals surface area contributed by atoms with Gasteiger partial charge < -0.3 is 4.74 Å². The lowest BCUT2D eigenvalue weighted by molar-refractivity contribution is 0.0858. The van der Waals surface area contributed by atoms with Gasteiger partial charge in [0.2, 0.25) is 0 Å². The zero-order chi connectivity index (χ0) is 12.2. The van der Waals surface area contributed by atoms with E-state index in [4.69, 9.17) is 4.74 Å². The fourth-order valence-electron chi connectivity index (χ4n) is 1.92. The van der Waals surface area contributed by atoms with Gasteiger partial charge in [0.15, 0.2) is 0 Å². The Kier molecular flexibility index (Phi) is 12.2. The molecule has 0 saturated heterocycles. The van der Waals surface area contributed by atoms with Crippen LogP contribution in [0.3, 0.4) is 0 Å². The molecule has 0 fully saturated rings. The number of nitrogens with zero attached hydrogens (tertiary/aromatic N) is 1. The van der Waals surface area contributed by atoms with E-state index in [1.165, 1.54) is 25.7 Å². The summed E-state index contributed by atoms with van der Waals surface area (Å²) in [5.41, 5.74) is 0. The smallest absolute Gasteiger partial charge is 0.0593 e. The summed E-state index contributed by atoms with van der Waals surface area (Å²) >= 11 is 3.53. The second-order valence-corrected chi connectivity index (χ2v) is 4.95. The van der Waals surface area contributed by atoms with E-state index in [1.54, 1.807) is 0 Å². The first kappa shape index (κ1) is 16.4. The molecule has 0 rings (SSSR count). The van der Waals surface area contributed by atoms with Crippen molar-refractivity contribution < 1.29 is 4.74 Å². The summed E-state index contributed by atoms with van der Waals surface area (Å²) in [5, 5.41) is 1.05. The van der Waals surface area contributed by atoms with Gasteiger partial charge in [0.05, 0.1) is 6.61 Å². The van der Waals surface area contributed by atoms with Gasteiger partial charge >= 0.3 is 0 Å². The average Bonchev–Trinajstić information content (AvgIpc) is 2.30. The van der Waals surface area contributed by atoms with Crippen molar-refractivity contribution in [3.63, 3.8) is 0 Å². The van der Waals surface area contributed by atoms with E-state index < -0.39 is 0 Å². The molecule has 16 heavy (non-hydrogen) atoms. The van der Waals surface area contributed by atoms with Gasteiger partial charge in [0.1, 0.15) is 0 Å². The monoisotopic (exact) mass is 293 g/mol. The minimum absolute atomic E-state index is 0.715. The van der Waals surface area contributed by atoms with Crippen LogP contribution in [0.5, 0.6) is 0 Å². The molecule has 0 aliphatic carbocycles. The van der Waals surface area contributed by atoms with Gasteiger partial charge in [-0.05, 0) is 19.3 Å². The molecule has 0 aromatic heterocycles. The first-order valence-corrected chi connectivity index (χ1v) is 7.79. The van der Waals surface area contributed by atoms with Crippen molar-refractivity contribution in [3.8, 4) is 0 Å². The van der Waals surface area contributed by atoms with Crippen molar-refractivity contribution in [2.45, 2.75) is 52.5 Å². The van der Waals surface area contributed by atoms with Crippen LogP contribution < -0.4 is 0 Å².